The number of rotatable bonds is 6. The summed E-state index contributed by atoms with van der Waals surface area (Å²) < 4.78 is 1.24. The molecule has 1 aromatic heterocycles. The maximum Gasteiger partial charge on any atom is 0.267 e. The highest BCUT2D eigenvalue weighted by Crippen LogP contribution is 2.15. The van der Waals surface area contributed by atoms with E-state index >= 15 is 0 Å². The fraction of sp³-hybridized carbons (Fsp3) is 0.389. The summed E-state index contributed by atoms with van der Waals surface area (Å²) in [4.78, 5) is 26.3. The number of benzene rings is 1. The molecule has 1 aromatic carbocycles. The third-order valence-corrected chi connectivity index (χ3v) is 5.00. The monoisotopic (exact) mass is 358 g/mol. The molecule has 1 amide bonds. The molecule has 25 heavy (non-hydrogen) atoms. The van der Waals surface area contributed by atoms with Gasteiger partial charge in [-0.1, -0.05) is 30.3 Å². The van der Waals surface area contributed by atoms with Gasteiger partial charge in [-0.3, -0.25) is 9.59 Å². The molecule has 132 valence electrons. The van der Waals surface area contributed by atoms with Gasteiger partial charge in [0.25, 0.3) is 5.56 Å². The third-order valence-electron chi connectivity index (χ3n) is 4.06. The molecule has 2 heterocycles. The summed E-state index contributed by atoms with van der Waals surface area (Å²) in [6.07, 6.45) is 0.764. The molecule has 6 nitrogen and oxygen atoms in total. The summed E-state index contributed by atoms with van der Waals surface area (Å²) >= 11 is 1.92. The van der Waals surface area contributed by atoms with Crippen LogP contribution in [0, 0.1) is 0 Å². The molecule has 0 spiro atoms. The maximum atomic E-state index is 12.1. The molecule has 1 aliphatic heterocycles. The van der Waals surface area contributed by atoms with Gasteiger partial charge in [-0.2, -0.15) is 16.9 Å². The quantitative estimate of drug-likeness (QED) is 0.839. The zero-order valence-corrected chi connectivity index (χ0v) is 14.9. The van der Waals surface area contributed by atoms with Crippen LogP contribution in [0.4, 0.5) is 5.82 Å². The lowest BCUT2D eigenvalue weighted by atomic mass is 10.1. The van der Waals surface area contributed by atoms with E-state index in [4.69, 9.17) is 0 Å². The number of nitrogens with zero attached hydrogens (tertiary/aromatic N) is 3. The highest BCUT2D eigenvalue weighted by Gasteiger charge is 2.14. The Morgan fingerprint density at radius 2 is 1.88 bits per heavy atom. The van der Waals surface area contributed by atoms with Gasteiger partial charge in [0, 0.05) is 37.2 Å². The Kier molecular flexibility index (Phi) is 6.11. The molecule has 3 rings (SSSR count). The van der Waals surface area contributed by atoms with Crippen LogP contribution < -0.4 is 15.8 Å². The van der Waals surface area contributed by atoms with E-state index in [1.165, 1.54) is 16.3 Å². The Balaban J connectivity index is 1.56. The summed E-state index contributed by atoms with van der Waals surface area (Å²) in [6, 6.07) is 13.2. The van der Waals surface area contributed by atoms with Gasteiger partial charge in [-0.15, -0.1) is 0 Å². The first-order valence-corrected chi connectivity index (χ1v) is 9.59. The van der Waals surface area contributed by atoms with E-state index in [-0.39, 0.29) is 18.0 Å². The predicted molar refractivity (Wildman–Crippen MR) is 101 cm³/mol. The summed E-state index contributed by atoms with van der Waals surface area (Å²) in [6.45, 7) is 2.32. The van der Waals surface area contributed by atoms with Crippen molar-refractivity contribution in [3.05, 3.63) is 58.4 Å². The average molecular weight is 358 g/mol. The highest BCUT2D eigenvalue weighted by molar-refractivity contribution is 7.99. The predicted octanol–water partition coefficient (Wildman–Crippen LogP) is 1.16. The molecule has 0 aliphatic carbocycles. The number of hydrogen-bond donors (Lipinski definition) is 1. The summed E-state index contributed by atoms with van der Waals surface area (Å²) in [5, 5.41) is 7.21. The van der Waals surface area contributed by atoms with Crippen LogP contribution in [0.25, 0.3) is 0 Å². The van der Waals surface area contributed by atoms with E-state index < -0.39 is 0 Å². The van der Waals surface area contributed by atoms with Gasteiger partial charge in [0.05, 0.1) is 0 Å². The average Bonchev–Trinajstić information content (AvgIpc) is 2.65. The lowest BCUT2D eigenvalue weighted by Crippen LogP contribution is -2.37. The van der Waals surface area contributed by atoms with Gasteiger partial charge in [0.1, 0.15) is 12.4 Å². The number of hydrogen-bond acceptors (Lipinski definition) is 5. The van der Waals surface area contributed by atoms with Crippen molar-refractivity contribution in [3.63, 3.8) is 0 Å². The molecule has 1 N–H and O–H groups in total. The minimum atomic E-state index is -0.256. The van der Waals surface area contributed by atoms with E-state index in [0.717, 1.165) is 36.8 Å². The molecular weight excluding hydrogens is 336 g/mol. The number of carbonyl (C=O) groups excluding carboxylic acids is 1. The Labute approximate surface area is 151 Å². The summed E-state index contributed by atoms with van der Waals surface area (Å²) in [7, 11) is 0. The number of thioether (sulfide) groups is 1. The van der Waals surface area contributed by atoms with E-state index in [9.17, 15) is 9.59 Å². The van der Waals surface area contributed by atoms with Crippen molar-refractivity contribution >= 4 is 23.5 Å². The van der Waals surface area contributed by atoms with Crippen molar-refractivity contribution in [2.45, 2.75) is 13.0 Å². The molecule has 7 heteroatoms. The van der Waals surface area contributed by atoms with E-state index in [2.05, 4.69) is 15.3 Å². The number of anilines is 1. The second-order valence-corrected chi connectivity index (χ2v) is 7.10. The van der Waals surface area contributed by atoms with Crippen molar-refractivity contribution < 1.29 is 4.79 Å². The fourth-order valence-electron chi connectivity index (χ4n) is 2.70. The third kappa shape index (κ3) is 5.09. The second-order valence-electron chi connectivity index (χ2n) is 5.87. The van der Waals surface area contributed by atoms with Crippen molar-refractivity contribution in [3.8, 4) is 0 Å². The minimum Gasteiger partial charge on any atom is -0.354 e. The number of aromatic nitrogens is 2. The van der Waals surface area contributed by atoms with Crippen LogP contribution in [0.3, 0.4) is 0 Å². The largest absolute Gasteiger partial charge is 0.354 e. The molecular formula is C18H22N4O2S. The second kappa shape index (κ2) is 8.71. The molecule has 1 fully saturated rings. The van der Waals surface area contributed by atoms with Crippen molar-refractivity contribution in [2.24, 2.45) is 0 Å². The zero-order chi connectivity index (χ0) is 17.5. The Bertz CT molecular complexity index is 757. The van der Waals surface area contributed by atoms with E-state index in [0.29, 0.717) is 6.54 Å². The minimum absolute atomic E-state index is 0.0515. The maximum absolute atomic E-state index is 12.1. The van der Waals surface area contributed by atoms with Gasteiger partial charge < -0.3 is 10.2 Å². The van der Waals surface area contributed by atoms with E-state index in [1.807, 2.05) is 42.1 Å². The van der Waals surface area contributed by atoms with Crippen molar-refractivity contribution in [1.82, 2.24) is 15.1 Å². The lowest BCUT2D eigenvalue weighted by molar-refractivity contribution is -0.121. The van der Waals surface area contributed by atoms with Crippen LogP contribution in [0.1, 0.15) is 5.56 Å². The number of carbonyl (C=O) groups is 1. The van der Waals surface area contributed by atoms with Gasteiger partial charge in [0.2, 0.25) is 5.91 Å². The summed E-state index contributed by atoms with van der Waals surface area (Å²) in [5.41, 5.74) is 0.913. The smallest absolute Gasteiger partial charge is 0.267 e. The van der Waals surface area contributed by atoms with Gasteiger partial charge >= 0.3 is 0 Å². The van der Waals surface area contributed by atoms with Crippen LogP contribution in [0.2, 0.25) is 0 Å². The molecule has 1 aliphatic rings. The van der Waals surface area contributed by atoms with Crippen molar-refractivity contribution in [1.29, 1.82) is 0 Å². The van der Waals surface area contributed by atoms with Crippen LogP contribution in [0.15, 0.2) is 47.3 Å². The van der Waals surface area contributed by atoms with Crippen LogP contribution in [-0.2, 0) is 17.8 Å². The van der Waals surface area contributed by atoms with Gasteiger partial charge in [0.15, 0.2) is 0 Å². The Hall–Kier alpha value is -2.28. The zero-order valence-electron chi connectivity index (χ0n) is 14.1. The Morgan fingerprint density at radius 3 is 2.64 bits per heavy atom. The van der Waals surface area contributed by atoms with E-state index in [1.54, 1.807) is 6.07 Å². The first kappa shape index (κ1) is 17.5. The topological polar surface area (TPSA) is 67.2 Å². The molecule has 2 aromatic rings. The SMILES string of the molecule is O=C(Cn1nc(N2CCSCC2)ccc1=O)NCCc1ccccc1. The Morgan fingerprint density at radius 1 is 1.12 bits per heavy atom. The molecule has 0 unspecified atom stereocenters. The first-order valence-electron chi connectivity index (χ1n) is 8.44. The molecule has 1 saturated heterocycles. The summed E-state index contributed by atoms with van der Waals surface area (Å²) in [5.74, 6) is 2.68. The first-order chi connectivity index (χ1) is 12.2. The highest BCUT2D eigenvalue weighted by atomic mass is 32.2. The number of nitrogens with one attached hydrogen (secondary N) is 1. The van der Waals surface area contributed by atoms with Gasteiger partial charge in [-0.05, 0) is 18.1 Å². The number of amides is 1. The fourth-order valence-corrected chi connectivity index (χ4v) is 3.60. The van der Waals surface area contributed by atoms with Crippen LogP contribution in [0.5, 0.6) is 0 Å². The van der Waals surface area contributed by atoms with Gasteiger partial charge in [-0.25, -0.2) is 4.68 Å². The van der Waals surface area contributed by atoms with Crippen molar-refractivity contribution in [2.75, 3.05) is 36.0 Å². The molecule has 0 atom stereocenters. The molecule has 0 saturated carbocycles. The molecule has 0 radical (unpaired) electrons. The lowest BCUT2D eigenvalue weighted by Gasteiger charge is -2.27. The van der Waals surface area contributed by atoms with Crippen LogP contribution >= 0.6 is 11.8 Å². The van der Waals surface area contributed by atoms with Crippen LogP contribution in [-0.4, -0.2) is 46.8 Å². The standard InChI is InChI=1S/C18H22N4O2S/c23-17(19-9-8-15-4-2-1-3-5-15)14-22-18(24)7-6-16(20-22)21-10-12-25-13-11-21/h1-7H,8-14H2,(H,19,23). The normalized spacial score (nSPS) is 14.3. The molecule has 0 bridgehead atoms.